The molecule has 0 fully saturated rings. The Kier molecular flexibility index (Phi) is 3.66. The van der Waals surface area contributed by atoms with Crippen LogP contribution in [0.5, 0.6) is 0 Å². The van der Waals surface area contributed by atoms with Gasteiger partial charge in [0.15, 0.2) is 0 Å². The van der Waals surface area contributed by atoms with E-state index in [1.54, 1.807) is 0 Å². The third kappa shape index (κ3) is 3.86. The van der Waals surface area contributed by atoms with E-state index in [-0.39, 0.29) is 5.54 Å². The third-order valence-corrected chi connectivity index (χ3v) is 2.79. The summed E-state index contributed by atoms with van der Waals surface area (Å²) in [5, 5.41) is 4.01. The van der Waals surface area contributed by atoms with Gasteiger partial charge in [-0.25, -0.2) is 0 Å². The second-order valence-electron chi connectivity index (χ2n) is 5.64. The zero-order valence-electron chi connectivity index (χ0n) is 11.9. The Morgan fingerprint density at radius 1 is 1.16 bits per heavy atom. The second-order valence-corrected chi connectivity index (χ2v) is 5.64. The number of aromatic nitrogens is 3. The van der Waals surface area contributed by atoms with Crippen LogP contribution < -0.4 is 5.73 Å². The minimum atomic E-state index is -0.224. The summed E-state index contributed by atoms with van der Waals surface area (Å²) in [5.41, 5.74) is 8.55. The first-order valence-corrected chi connectivity index (χ1v) is 6.41. The highest BCUT2D eigenvalue weighted by molar-refractivity contribution is 5.55. The summed E-state index contributed by atoms with van der Waals surface area (Å²) in [7, 11) is 0. The van der Waals surface area contributed by atoms with Crippen LogP contribution in [-0.2, 0) is 6.42 Å². The fraction of sp³-hybridized carbons (Fsp3) is 0.500. The minimum Gasteiger partial charge on any atom is -0.339 e. The van der Waals surface area contributed by atoms with Gasteiger partial charge in [-0.2, -0.15) is 4.98 Å². The predicted molar refractivity (Wildman–Crippen MR) is 73.6 cm³/mol. The Labute approximate surface area is 113 Å². The van der Waals surface area contributed by atoms with E-state index in [0.29, 0.717) is 18.1 Å². The van der Waals surface area contributed by atoms with Gasteiger partial charge in [0, 0.05) is 28.9 Å². The minimum absolute atomic E-state index is 0.224. The monoisotopic (exact) mass is 260 g/mol. The zero-order chi connectivity index (χ0) is 14.0. The molecule has 0 aliphatic carbocycles. The summed E-state index contributed by atoms with van der Waals surface area (Å²) in [6.45, 7) is 7.88. The number of aryl methyl sites for hydroxylation is 3. The molecule has 0 aromatic carbocycles. The molecule has 0 radical (unpaired) electrons. The molecule has 0 aliphatic heterocycles. The van der Waals surface area contributed by atoms with Crippen molar-refractivity contribution in [1.82, 2.24) is 15.1 Å². The van der Waals surface area contributed by atoms with E-state index in [9.17, 15) is 0 Å². The normalized spacial score (nSPS) is 11.8. The van der Waals surface area contributed by atoms with E-state index in [1.807, 2.05) is 39.8 Å². The average Bonchev–Trinajstić information content (AvgIpc) is 2.72. The molecule has 2 heterocycles. The average molecular weight is 260 g/mol. The lowest BCUT2D eigenvalue weighted by Crippen LogP contribution is -2.32. The smallest absolute Gasteiger partial charge is 0.227 e. The topological polar surface area (TPSA) is 77.8 Å². The van der Waals surface area contributed by atoms with Gasteiger partial charge >= 0.3 is 0 Å². The largest absolute Gasteiger partial charge is 0.339 e. The van der Waals surface area contributed by atoms with E-state index < -0.39 is 0 Å². The molecule has 0 spiro atoms. The van der Waals surface area contributed by atoms with E-state index in [1.165, 1.54) is 0 Å². The molecule has 0 bridgehead atoms. The maximum atomic E-state index is 5.94. The standard InChI is InChI=1S/C14H20N4O/c1-9-7-11(8-10(2)16-9)13-17-12(19-18-13)5-6-14(3,4)15/h7-8H,5-6,15H2,1-4H3. The fourth-order valence-corrected chi connectivity index (χ4v) is 1.87. The highest BCUT2D eigenvalue weighted by Crippen LogP contribution is 2.18. The molecule has 102 valence electrons. The van der Waals surface area contributed by atoms with E-state index in [4.69, 9.17) is 10.3 Å². The summed E-state index contributed by atoms with van der Waals surface area (Å²) in [6, 6.07) is 3.91. The molecule has 0 atom stereocenters. The summed E-state index contributed by atoms with van der Waals surface area (Å²) < 4.78 is 5.26. The third-order valence-electron chi connectivity index (χ3n) is 2.79. The number of hydrogen-bond acceptors (Lipinski definition) is 5. The second kappa shape index (κ2) is 5.09. The van der Waals surface area contributed by atoms with Crippen molar-refractivity contribution in [1.29, 1.82) is 0 Å². The summed E-state index contributed by atoms with van der Waals surface area (Å²) in [5.74, 6) is 1.24. The van der Waals surface area contributed by atoms with Gasteiger partial charge in [0.1, 0.15) is 0 Å². The van der Waals surface area contributed by atoms with Gasteiger partial charge in [0.2, 0.25) is 11.7 Å². The maximum absolute atomic E-state index is 5.94. The lowest BCUT2D eigenvalue weighted by molar-refractivity contribution is 0.358. The number of hydrogen-bond donors (Lipinski definition) is 1. The SMILES string of the molecule is Cc1cc(-c2noc(CCC(C)(C)N)n2)cc(C)n1. The highest BCUT2D eigenvalue weighted by Gasteiger charge is 2.15. The van der Waals surface area contributed by atoms with Gasteiger partial charge in [-0.3, -0.25) is 4.98 Å². The molecule has 2 rings (SSSR count). The molecule has 19 heavy (non-hydrogen) atoms. The Balaban J connectivity index is 2.16. The lowest BCUT2D eigenvalue weighted by atomic mass is 10.0. The van der Waals surface area contributed by atoms with Crippen molar-refractivity contribution in [3.05, 3.63) is 29.4 Å². The summed E-state index contributed by atoms with van der Waals surface area (Å²) in [4.78, 5) is 8.74. The molecular weight excluding hydrogens is 240 g/mol. The summed E-state index contributed by atoms with van der Waals surface area (Å²) >= 11 is 0. The molecule has 2 aromatic rings. The van der Waals surface area contributed by atoms with E-state index in [2.05, 4.69) is 15.1 Å². The number of nitrogens with zero attached hydrogens (tertiary/aromatic N) is 3. The Morgan fingerprint density at radius 2 is 1.79 bits per heavy atom. The number of nitrogens with two attached hydrogens (primary N) is 1. The number of pyridine rings is 1. The van der Waals surface area contributed by atoms with Crippen molar-refractivity contribution in [2.45, 2.75) is 46.1 Å². The molecule has 0 aliphatic rings. The molecule has 2 N–H and O–H groups in total. The van der Waals surface area contributed by atoms with Crippen LogP contribution in [0, 0.1) is 13.8 Å². The molecule has 0 unspecified atom stereocenters. The van der Waals surface area contributed by atoms with Crippen molar-refractivity contribution in [3.8, 4) is 11.4 Å². The molecule has 0 amide bonds. The molecule has 5 heteroatoms. The quantitative estimate of drug-likeness (QED) is 0.913. The van der Waals surface area contributed by atoms with Crippen LogP contribution in [0.25, 0.3) is 11.4 Å². The van der Waals surface area contributed by atoms with Crippen molar-refractivity contribution in [3.63, 3.8) is 0 Å². The van der Waals surface area contributed by atoms with Gasteiger partial charge in [-0.15, -0.1) is 0 Å². The van der Waals surface area contributed by atoms with Crippen LogP contribution in [0.3, 0.4) is 0 Å². The Morgan fingerprint density at radius 3 is 2.37 bits per heavy atom. The number of rotatable bonds is 4. The van der Waals surface area contributed by atoms with Crippen LogP contribution in [-0.4, -0.2) is 20.7 Å². The lowest BCUT2D eigenvalue weighted by Gasteiger charge is -2.16. The van der Waals surface area contributed by atoms with Crippen LogP contribution in [0.2, 0.25) is 0 Å². The van der Waals surface area contributed by atoms with Gasteiger partial charge in [0.05, 0.1) is 0 Å². The Hall–Kier alpha value is -1.75. The van der Waals surface area contributed by atoms with Crippen LogP contribution >= 0.6 is 0 Å². The van der Waals surface area contributed by atoms with Crippen molar-refractivity contribution in [2.24, 2.45) is 5.73 Å². The highest BCUT2D eigenvalue weighted by atomic mass is 16.5. The summed E-state index contributed by atoms with van der Waals surface area (Å²) in [6.07, 6.45) is 1.50. The predicted octanol–water partition coefficient (Wildman–Crippen LogP) is 2.42. The molecule has 2 aromatic heterocycles. The van der Waals surface area contributed by atoms with Gasteiger partial charge in [0.25, 0.3) is 0 Å². The fourth-order valence-electron chi connectivity index (χ4n) is 1.87. The van der Waals surface area contributed by atoms with Crippen molar-refractivity contribution >= 4 is 0 Å². The van der Waals surface area contributed by atoms with Crippen LogP contribution in [0.4, 0.5) is 0 Å². The van der Waals surface area contributed by atoms with E-state index in [0.717, 1.165) is 23.4 Å². The van der Waals surface area contributed by atoms with Crippen LogP contribution in [0.15, 0.2) is 16.7 Å². The molecular formula is C14H20N4O. The maximum Gasteiger partial charge on any atom is 0.227 e. The molecule has 0 saturated carbocycles. The van der Waals surface area contributed by atoms with Gasteiger partial charge in [-0.05, 0) is 46.2 Å². The van der Waals surface area contributed by atoms with Gasteiger partial charge in [-0.1, -0.05) is 5.16 Å². The van der Waals surface area contributed by atoms with Gasteiger partial charge < -0.3 is 10.3 Å². The zero-order valence-corrected chi connectivity index (χ0v) is 11.9. The molecule has 5 nitrogen and oxygen atoms in total. The first kappa shape index (κ1) is 13.7. The van der Waals surface area contributed by atoms with Crippen LogP contribution in [0.1, 0.15) is 37.5 Å². The van der Waals surface area contributed by atoms with E-state index >= 15 is 0 Å². The first-order chi connectivity index (χ1) is 8.83. The Bertz CT molecular complexity index is 549. The molecule has 0 saturated heterocycles. The first-order valence-electron chi connectivity index (χ1n) is 6.41. The van der Waals surface area contributed by atoms with Crippen molar-refractivity contribution in [2.75, 3.05) is 0 Å². The van der Waals surface area contributed by atoms with Crippen molar-refractivity contribution < 1.29 is 4.52 Å².